The number of anilines is 1. The number of nitrogens with one attached hydrogen (secondary N) is 1. The maximum atomic E-state index is 12.5. The van der Waals surface area contributed by atoms with E-state index in [1.807, 2.05) is 48.5 Å². The fraction of sp³-hybridized carbons (Fsp3) is 0.348. The average molecular weight is 408 g/mol. The smallest absolute Gasteiger partial charge is 0.234 e. The lowest BCUT2D eigenvalue weighted by Gasteiger charge is -2.21. The van der Waals surface area contributed by atoms with Crippen molar-refractivity contribution in [2.45, 2.75) is 43.0 Å². The lowest BCUT2D eigenvalue weighted by molar-refractivity contribution is -0.113. The number of amides is 1. The maximum absolute atomic E-state index is 12.5. The highest BCUT2D eigenvalue weighted by molar-refractivity contribution is 8.00. The van der Waals surface area contributed by atoms with Crippen molar-refractivity contribution in [1.29, 1.82) is 0 Å². The van der Waals surface area contributed by atoms with Gasteiger partial charge in [-0.15, -0.1) is 0 Å². The number of benzene rings is 2. The summed E-state index contributed by atoms with van der Waals surface area (Å²) in [4.78, 5) is 22.3. The van der Waals surface area contributed by atoms with E-state index in [1.54, 1.807) is 7.11 Å². The molecule has 1 aromatic heterocycles. The van der Waals surface area contributed by atoms with E-state index >= 15 is 0 Å². The Labute approximate surface area is 175 Å². The monoisotopic (exact) mass is 407 g/mol. The third-order valence-corrected chi connectivity index (χ3v) is 6.27. The Morgan fingerprint density at radius 3 is 2.66 bits per heavy atom. The van der Waals surface area contributed by atoms with Crippen molar-refractivity contribution in [3.05, 3.63) is 54.4 Å². The van der Waals surface area contributed by atoms with Crippen LogP contribution in [0.4, 0.5) is 5.69 Å². The number of carbonyl (C=O) groups excluding carboxylic acids is 1. The van der Waals surface area contributed by atoms with Crippen LogP contribution in [0.1, 0.15) is 43.8 Å². The predicted molar refractivity (Wildman–Crippen MR) is 118 cm³/mol. The number of thioether (sulfide) groups is 1. The van der Waals surface area contributed by atoms with Gasteiger partial charge >= 0.3 is 0 Å². The molecule has 0 radical (unpaired) electrons. The molecule has 1 amide bonds. The molecular weight excluding hydrogens is 382 g/mol. The number of carbonyl (C=O) groups is 1. The van der Waals surface area contributed by atoms with Gasteiger partial charge in [-0.25, -0.2) is 9.97 Å². The average Bonchev–Trinajstić information content (AvgIpc) is 2.78. The molecule has 1 aliphatic rings. The SMILES string of the molecule is COc1ccccc1NC(=O)CSc1nc(C2CCCCC2)nc2ccccc12. The zero-order valence-corrected chi connectivity index (χ0v) is 17.4. The van der Waals surface area contributed by atoms with E-state index in [4.69, 9.17) is 14.7 Å². The third-order valence-electron chi connectivity index (χ3n) is 5.28. The first-order valence-corrected chi connectivity index (χ1v) is 11.1. The van der Waals surface area contributed by atoms with Gasteiger partial charge in [0.05, 0.1) is 24.1 Å². The molecule has 150 valence electrons. The quantitative estimate of drug-likeness (QED) is 0.437. The van der Waals surface area contributed by atoms with Gasteiger partial charge in [0.1, 0.15) is 16.6 Å². The van der Waals surface area contributed by atoms with Crippen LogP contribution in [-0.2, 0) is 4.79 Å². The van der Waals surface area contributed by atoms with Gasteiger partial charge in [-0.2, -0.15) is 0 Å². The number of para-hydroxylation sites is 3. The highest BCUT2D eigenvalue weighted by Crippen LogP contribution is 2.34. The van der Waals surface area contributed by atoms with Crippen LogP contribution >= 0.6 is 11.8 Å². The van der Waals surface area contributed by atoms with Gasteiger partial charge in [-0.3, -0.25) is 4.79 Å². The van der Waals surface area contributed by atoms with E-state index in [-0.39, 0.29) is 11.7 Å². The molecule has 2 aromatic carbocycles. The number of rotatable bonds is 6. The zero-order chi connectivity index (χ0) is 20.1. The first-order chi connectivity index (χ1) is 14.2. The van der Waals surface area contributed by atoms with Gasteiger partial charge in [0.2, 0.25) is 5.91 Å². The van der Waals surface area contributed by atoms with Gasteiger partial charge in [-0.05, 0) is 31.0 Å². The predicted octanol–water partition coefficient (Wildman–Crippen LogP) is 5.42. The van der Waals surface area contributed by atoms with Crippen LogP contribution in [0.3, 0.4) is 0 Å². The Morgan fingerprint density at radius 2 is 1.83 bits per heavy atom. The lowest BCUT2D eigenvalue weighted by Crippen LogP contribution is -2.15. The van der Waals surface area contributed by atoms with Crippen molar-refractivity contribution in [2.24, 2.45) is 0 Å². The van der Waals surface area contributed by atoms with Crippen LogP contribution in [0.15, 0.2) is 53.6 Å². The topological polar surface area (TPSA) is 64.1 Å². The van der Waals surface area contributed by atoms with Crippen molar-refractivity contribution in [1.82, 2.24) is 9.97 Å². The van der Waals surface area contributed by atoms with E-state index < -0.39 is 0 Å². The summed E-state index contributed by atoms with van der Waals surface area (Å²) in [7, 11) is 1.60. The van der Waals surface area contributed by atoms with Crippen LogP contribution in [0, 0.1) is 0 Å². The van der Waals surface area contributed by atoms with Gasteiger partial charge in [0, 0.05) is 11.3 Å². The van der Waals surface area contributed by atoms with Crippen LogP contribution in [0.2, 0.25) is 0 Å². The number of hydrogen-bond acceptors (Lipinski definition) is 5. The molecule has 5 nitrogen and oxygen atoms in total. The fourth-order valence-corrected chi connectivity index (χ4v) is 4.61. The molecule has 0 saturated heterocycles. The summed E-state index contributed by atoms with van der Waals surface area (Å²) in [6.07, 6.45) is 6.08. The van der Waals surface area contributed by atoms with E-state index in [2.05, 4.69) is 5.32 Å². The van der Waals surface area contributed by atoms with Crippen molar-refractivity contribution in [2.75, 3.05) is 18.2 Å². The Kier molecular flexibility index (Phi) is 6.30. The lowest BCUT2D eigenvalue weighted by atomic mass is 9.88. The minimum atomic E-state index is -0.0820. The number of nitrogens with zero attached hydrogens (tertiary/aromatic N) is 2. The molecule has 0 atom stereocenters. The van der Waals surface area contributed by atoms with Crippen LogP contribution in [0.25, 0.3) is 10.9 Å². The largest absolute Gasteiger partial charge is 0.495 e. The normalized spacial score (nSPS) is 14.7. The third kappa shape index (κ3) is 4.70. The molecule has 0 unspecified atom stereocenters. The molecule has 1 N–H and O–H groups in total. The Bertz CT molecular complexity index is 1000. The van der Waals surface area contributed by atoms with Crippen molar-refractivity contribution >= 4 is 34.3 Å². The second kappa shape index (κ2) is 9.27. The summed E-state index contributed by atoms with van der Waals surface area (Å²) in [6, 6.07) is 15.5. The number of aromatic nitrogens is 2. The summed E-state index contributed by atoms with van der Waals surface area (Å²) in [5.41, 5.74) is 1.63. The first-order valence-electron chi connectivity index (χ1n) is 10.1. The molecular formula is C23H25N3O2S. The van der Waals surface area contributed by atoms with Crippen molar-refractivity contribution < 1.29 is 9.53 Å². The van der Waals surface area contributed by atoms with Crippen LogP contribution in [0.5, 0.6) is 5.75 Å². The molecule has 6 heteroatoms. The van der Waals surface area contributed by atoms with Gasteiger partial charge in [0.25, 0.3) is 0 Å². The molecule has 1 fully saturated rings. The van der Waals surface area contributed by atoms with Crippen molar-refractivity contribution in [3.63, 3.8) is 0 Å². The van der Waals surface area contributed by atoms with E-state index in [9.17, 15) is 4.79 Å². The Hall–Kier alpha value is -2.60. The molecule has 0 aliphatic heterocycles. The molecule has 0 bridgehead atoms. The molecule has 29 heavy (non-hydrogen) atoms. The summed E-state index contributed by atoms with van der Waals surface area (Å²) in [5, 5.41) is 4.81. The van der Waals surface area contributed by atoms with Gasteiger partial charge in [-0.1, -0.05) is 61.4 Å². The molecule has 1 aliphatic carbocycles. The standard InChI is InChI=1S/C23H25N3O2S/c1-28-20-14-8-7-13-19(20)24-21(27)15-29-23-17-11-5-6-12-18(17)25-22(26-23)16-9-3-2-4-10-16/h5-8,11-14,16H,2-4,9-10,15H2,1H3,(H,24,27). The highest BCUT2D eigenvalue weighted by Gasteiger charge is 2.20. The van der Waals surface area contributed by atoms with Crippen LogP contribution in [-0.4, -0.2) is 28.7 Å². The molecule has 4 rings (SSSR count). The highest BCUT2D eigenvalue weighted by atomic mass is 32.2. The minimum Gasteiger partial charge on any atom is -0.495 e. The van der Waals surface area contributed by atoms with E-state index in [1.165, 1.54) is 31.0 Å². The number of hydrogen-bond donors (Lipinski definition) is 1. The summed E-state index contributed by atoms with van der Waals surface area (Å²) < 4.78 is 5.31. The summed E-state index contributed by atoms with van der Waals surface area (Å²) in [5.74, 6) is 2.20. The maximum Gasteiger partial charge on any atom is 0.234 e. The summed E-state index contributed by atoms with van der Waals surface area (Å²) in [6.45, 7) is 0. The minimum absolute atomic E-state index is 0.0820. The zero-order valence-electron chi connectivity index (χ0n) is 16.6. The molecule has 1 saturated carbocycles. The van der Waals surface area contributed by atoms with Crippen LogP contribution < -0.4 is 10.1 Å². The fourth-order valence-electron chi connectivity index (χ4n) is 3.79. The number of ether oxygens (including phenoxy) is 1. The number of fused-ring (bicyclic) bond motifs is 1. The first kappa shape index (κ1) is 19.7. The number of methoxy groups -OCH3 is 1. The van der Waals surface area contributed by atoms with E-state index in [0.29, 0.717) is 17.4 Å². The molecule has 0 spiro atoms. The Balaban J connectivity index is 1.52. The van der Waals surface area contributed by atoms with E-state index in [0.717, 1.165) is 34.6 Å². The molecule has 1 heterocycles. The Morgan fingerprint density at radius 1 is 1.07 bits per heavy atom. The van der Waals surface area contributed by atoms with Gasteiger partial charge < -0.3 is 10.1 Å². The second-order valence-corrected chi connectivity index (χ2v) is 8.24. The second-order valence-electron chi connectivity index (χ2n) is 7.28. The molecule has 3 aromatic rings. The van der Waals surface area contributed by atoms with Gasteiger partial charge in [0.15, 0.2) is 0 Å². The van der Waals surface area contributed by atoms with Crippen molar-refractivity contribution in [3.8, 4) is 5.75 Å². The summed E-state index contributed by atoms with van der Waals surface area (Å²) >= 11 is 1.46.